The van der Waals surface area contributed by atoms with E-state index in [1.165, 1.54) is 11.8 Å². The van der Waals surface area contributed by atoms with Gasteiger partial charge in [0, 0.05) is 10.6 Å². The molecule has 30 heavy (non-hydrogen) atoms. The number of halogens is 1. The second-order valence-electron chi connectivity index (χ2n) is 6.29. The fourth-order valence-electron chi connectivity index (χ4n) is 3.00. The predicted octanol–water partition coefficient (Wildman–Crippen LogP) is 4.86. The molecule has 0 fully saturated rings. The minimum Gasteiger partial charge on any atom is -0.492 e. The summed E-state index contributed by atoms with van der Waals surface area (Å²) >= 11 is 4.78. The average Bonchev–Trinajstić information content (AvgIpc) is 3.08. The lowest BCUT2D eigenvalue weighted by Crippen LogP contribution is -2.12. The van der Waals surface area contributed by atoms with E-state index in [9.17, 15) is 10.1 Å². The van der Waals surface area contributed by atoms with Gasteiger partial charge in [-0.15, -0.1) is 10.2 Å². The van der Waals surface area contributed by atoms with Crippen LogP contribution in [-0.2, 0) is 0 Å². The molecular weight excluding hydrogens is 472 g/mol. The number of aromatic nitrogens is 3. The molecule has 8 nitrogen and oxygen atoms in total. The maximum atomic E-state index is 11.4. The van der Waals surface area contributed by atoms with E-state index in [-0.39, 0.29) is 11.5 Å². The van der Waals surface area contributed by atoms with Crippen molar-refractivity contribution >= 4 is 27.7 Å². The Hall–Kier alpha value is -2.59. The SMILES string of the molecule is CCOc1cc([C@H](C[N+](=O)[O-])Sc2nnc(C)n2-c2ccccc2)cc(Br)c1OC. The summed E-state index contributed by atoms with van der Waals surface area (Å²) in [5, 5.41) is 20.0. The molecule has 0 aliphatic rings. The van der Waals surface area contributed by atoms with E-state index in [2.05, 4.69) is 26.1 Å². The van der Waals surface area contributed by atoms with Gasteiger partial charge in [0.05, 0.1) is 18.2 Å². The third-order valence-electron chi connectivity index (χ3n) is 4.28. The Bertz CT molecular complexity index is 1030. The minimum atomic E-state index is -0.507. The highest BCUT2D eigenvalue weighted by Crippen LogP contribution is 2.43. The van der Waals surface area contributed by atoms with Crippen molar-refractivity contribution in [3.8, 4) is 17.2 Å². The summed E-state index contributed by atoms with van der Waals surface area (Å²) in [6.45, 7) is 3.88. The largest absolute Gasteiger partial charge is 0.492 e. The quantitative estimate of drug-likeness (QED) is 0.239. The number of thioether (sulfide) groups is 1. The molecule has 3 aromatic rings. The molecule has 158 valence electrons. The zero-order valence-electron chi connectivity index (χ0n) is 16.7. The number of rotatable bonds is 9. The van der Waals surface area contributed by atoms with Crippen molar-refractivity contribution in [3.63, 3.8) is 0 Å². The molecule has 0 bridgehead atoms. The van der Waals surface area contributed by atoms with Crippen LogP contribution in [0.1, 0.15) is 23.6 Å². The van der Waals surface area contributed by atoms with Crippen molar-refractivity contribution in [2.45, 2.75) is 24.3 Å². The first-order valence-electron chi connectivity index (χ1n) is 9.20. The number of hydrogen-bond donors (Lipinski definition) is 0. The zero-order chi connectivity index (χ0) is 21.7. The van der Waals surface area contributed by atoms with Gasteiger partial charge >= 0.3 is 0 Å². The third kappa shape index (κ3) is 4.93. The first kappa shape index (κ1) is 22.1. The maximum absolute atomic E-state index is 11.4. The van der Waals surface area contributed by atoms with Crippen molar-refractivity contribution in [1.29, 1.82) is 0 Å². The second kappa shape index (κ2) is 9.94. The lowest BCUT2D eigenvalue weighted by atomic mass is 10.1. The summed E-state index contributed by atoms with van der Waals surface area (Å²) in [4.78, 5) is 11.1. The predicted molar refractivity (Wildman–Crippen MR) is 118 cm³/mol. The van der Waals surface area contributed by atoms with Gasteiger partial charge in [-0.05, 0) is 59.6 Å². The zero-order valence-corrected chi connectivity index (χ0v) is 19.1. The molecule has 0 saturated heterocycles. The fraction of sp³-hybridized carbons (Fsp3) is 0.300. The van der Waals surface area contributed by atoms with E-state index in [0.717, 1.165) is 11.3 Å². The number of nitro groups is 1. The van der Waals surface area contributed by atoms with Crippen LogP contribution < -0.4 is 9.47 Å². The van der Waals surface area contributed by atoms with Crippen molar-refractivity contribution in [2.75, 3.05) is 20.3 Å². The lowest BCUT2D eigenvalue weighted by molar-refractivity contribution is -0.479. The normalized spacial score (nSPS) is 11.9. The molecule has 0 spiro atoms. The van der Waals surface area contributed by atoms with Crippen LogP contribution in [0.2, 0.25) is 0 Å². The number of benzene rings is 2. The van der Waals surface area contributed by atoms with E-state index >= 15 is 0 Å². The first-order chi connectivity index (χ1) is 14.4. The summed E-state index contributed by atoms with van der Waals surface area (Å²) in [5.74, 6) is 1.78. The van der Waals surface area contributed by atoms with Gasteiger partial charge in [0.15, 0.2) is 16.7 Å². The van der Waals surface area contributed by atoms with Gasteiger partial charge in [0.2, 0.25) is 6.54 Å². The van der Waals surface area contributed by atoms with Gasteiger partial charge in [-0.1, -0.05) is 30.0 Å². The second-order valence-corrected chi connectivity index (χ2v) is 8.31. The summed E-state index contributed by atoms with van der Waals surface area (Å²) in [7, 11) is 1.55. The Morgan fingerprint density at radius 2 is 2.00 bits per heavy atom. The third-order valence-corrected chi connectivity index (χ3v) is 6.05. The van der Waals surface area contributed by atoms with Gasteiger partial charge < -0.3 is 9.47 Å². The van der Waals surface area contributed by atoms with Gasteiger partial charge in [0.1, 0.15) is 11.1 Å². The Labute approximate surface area is 186 Å². The number of nitrogens with zero attached hydrogens (tertiary/aromatic N) is 4. The van der Waals surface area contributed by atoms with E-state index < -0.39 is 5.25 Å². The molecule has 3 rings (SSSR count). The van der Waals surface area contributed by atoms with Gasteiger partial charge in [0.25, 0.3) is 0 Å². The van der Waals surface area contributed by atoms with E-state index in [1.807, 2.05) is 54.8 Å². The number of aryl methyl sites for hydroxylation is 1. The van der Waals surface area contributed by atoms with Crippen LogP contribution in [0.15, 0.2) is 52.1 Å². The Kier molecular flexibility index (Phi) is 7.33. The van der Waals surface area contributed by atoms with E-state index in [1.54, 1.807) is 13.2 Å². The number of para-hydroxylation sites is 1. The first-order valence-corrected chi connectivity index (χ1v) is 10.9. The Morgan fingerprint density at radius 3 is 2.63 bits per heavy atom. The molecule has 2 aromatic carbocycles. The Morgan fingerprint density at radius 1 is 1.27 bits per heavy atom. The molecule has 0 N–H and O–H groups in total. The summed E-state index contributed by atoms with van der Waals surface area (Å²) in [6.07, 6.45) is 0. The molecule has 0 aliphatic heterocycles. The van der Waals surface area contributed by atoms with Crippen LogP contribution in [0.25, 0.3) is 5.69 Å². The van der Waals surface area contributed by atoms with Gasteiger partial charge in [-0.3, -0.25) is 14.7 Å². The smallest absolute Gasteiger partial charge is 0.220 e. The number of methoxy groups -OCH3 is 1. The monoisotopic (exact) mass is 492 g/mol. The van der Waals surface area contributed by atoms with Crippen LogP contribution >= 0.6 is 27.7 Å². The van der Waals surface area contributed by atoms with Crippen LogP contribution in [-0.4, -0.2) is 39.9 Å². The summed E-state index contributed by atoms with van der Waals surface area (Å²) in [6, 6.07) is 13.3. The van der Waals surface area contributed by atoms with Crippen LogP contribution in [0, 0.1) is 17.0 Å². The molecule has 0 aliphatic carbocycles. The van der Waals surface area contributed by atoms with Crippen LogP contribution in [0.3, 0.4) is 0 Å². The van der Waals surface area contributed by atoms with Crippen molar-refractivity contribution < 1.29 is 14.4 Å². The van der Waals surface area contributed by atoms with Gasteiger partial charge in [-0.2, -0.15) is 0 Å². The van der Waals surface area contributed by atoms with Crippen LogP contribution in [0.5, 0.6) is 11.5 Å². The minimum absolute atomic E-state index is 0.282. The van der Waals surface area contributed by atoms with Crippen LogP contribution in [0.4, 0.5) is 0 Å². The molecule has 0 saturated carbocycles. The van der Waals surface area contributed by atoms with E-state index in [0.29, 0.717) is 33.6 Å². The average molecular weight is 493 g/mol. The highest BCUT2D eigenvalue weighted by atomic mass is 79.9. The number of ether oxygens (including phenoxy) is 2. The topological polar surface area (TPSA) is 92.3 Å². The highest BCUT2D eigenvalue weighted by molar-refractivity contribution is 9.10. The molecule has 1 atom stereocenters. The van der Waals surface area contributed by atoms with Crippen molar-refractivity contribution in [3.05, 3.63) is 68.4 Å². The van der Waals surface area contributed by atoms with Crippen molar-refractivity contribution in [2.24, 2.45) is 0 Å². The number of hydrogen-bond acceptors (Lipinski definition) is 7. The molecule has 0 radical (unpaired) electrons. The molecule has 1 heterocycles. The standard InChI is InChI=1S/C20H21BrN4O4S/c1-4-29-17-11-14(10-16(21)19(17)28-3)18(12-24(26)27)30-20-23-22-13(2)25(20)15-8-6-5-7-9-15/h5-11,18H,4,12H2,1-3H3/t18-/m0/s1. The summed E-state index contributed by atoms with van der Waals surface area (Å²) < 4.78 is 13.6. The summed E-state index contributed by atoms with van der Waals surface area (Å²) in [5.41, 5.74) is 1.63. The van der Waals surface area contributed by atoms with Crippen molar-refractivity contribution in [1.82, 2.24) is 14.8 Å². The lowest BCUT2D eigenvalue weighted by Gasteiger charge is -2.18. The molecule has 0 amide bonds. The Balaban J connectivity index is 2.03. The molecule has 0 unspecified atom stereocenters. The van der Waals surface area contributed by atoms with Gasteiger partial charge in [-0.25, -0.2) is 0 Å². The molecular formula is C20H21BrN4O4S. The highest BCUT2D eigenvalue weighted by Gasteiger charge is 2.26. The molecule has 10 heteroatoms. The fourth-order valence-corrected chi connectivity index (χ4v) is 4.78. The maximum Gasteiger partial charge on any atom is 0.220 e. The molecule has 1 aromatic heterocycles. The van der Waals surface area contributed by atoms with E-state index in [4.69, 9.17) is 9.47 Å².